The summed E-state index contributed by atoms with van der Waals surface area (Å²) in [7, 11) is 0. The summed E-state index contributed by atoms with van der Waals surface area (Å²) >= 11 is 0. The fraction of sp³-hybridized carbons (Fsp3) is 0.300. The van der Waals surface area contributed by atoms with Gasteiger partial charge in [-0.1, -0.05) is 0 Å². The van der Waals surface area contributed by atoms with Crippen LogP contribution < -0.4 is 10.5 Å². The van der Waals surface area contributed by atoms with Gasteiger partial charge in [0.25, 0.3) is 0 Å². The van der Waals surface area contributed by atoms with Crippen molar-refractivity contribution in [3.8, 4) is 5.75 Å². The summed E-state index contributed by atoms with van der Waals surface area (Å²) in [5.41, 5.74) is 7.01. The van der Waals surface area contributed by atoms with Crippen LogP contribution >= 0.6 is 0 Å². The molecule has 0 bridgehead atoms. The zero-order valence-corrected chi connectivity index (χ0v) is 7.93. The summed E-state index contributed by atoms with van der Waals surface area (Å²) in [4.78, 5) is 4.01. The summed E-state index contributed by atoms with van der Waals surface area (Å²) < 4.78 is 10.7. The summed E-state index contributed by atoms with van der Waals surface area (Å²) in [5.74, 6) is 0.757. The molecule has 1 atom stereocenters. The van der Waals surface area contributed by atoms with E-state index in [0.717, 1.165) is 16.8 Å². The maximum atomic E-state index is 5.53. The molecule has 0 aliphatic carbocycles. The van der Waals surface area contributed by atoms with Gasteiger partial charge < -0.3 is 14.9 Å². The summed E-state index contributed by atoms with van der Waals surface area (Å²) in [6.45, 7) is 2.42. The van der Waals surface area contributed by atoms with E-state index in [4.69, 9.17) is 14.9 Å². The highest BCUT2D eigenvalue weighted by molar-refractivity contribution is 5.73. The Labute approximate surface area is 81.7 Å². The fourth-order valence-electron chi connectivity index (χ4n) is 1.19. The van der Waals surface area contributed by atoms with Gasteiger partial charge in [-0.15, -0.1) is 0 Å². The Balaban J connectivity index is 2.25. The van der Waals surface area contributed by atoms with Crippen LogP contribution in [0.4, 0.5) is 0 Å². The molecule has 1 aromatic carbocycles. The third kappa shape index (κ3) is 1.70. The molecule has 0 amide bonds. The minimum Gasteiger partial charge on any atom is -0.489 e. The van der Waals surface area contributed by atoms with E-state index in [1.54, 1.807) is 0 Å². The van der Waals surface area contributed by atoms with Crippen LogP contribution in [0, 0.1) is 0 Å². The van der Waals surface area contributed by atoms with E-state index in [-0.39, 0.29) is 6.10 Å². The van der Waals surface area contributed by atoms with Crippen LogP contribution in [0.15, 0.2) is 29.0 Å². The Hall–Kier alpha value is -1.55. The first-order valence-electron chi connectivity index (χ1n) is 4.49. The largest absolute Gasteiger partial charge is 0.489 e. The molecule has 0 radical (unpaired) electrons. The molecule has 0 aliphatic heterocycles. The van der Waals surface area contributed by atoms with Crippen LogP contribution in [0.25, 0.3) is 11.1 Å². The lowest BCUT2D eigenvalue weighted by molar-refractivity contribution is 0.230. The van der Waals surface area contributed by atoms with Gasteiger partial charge in [0.1, 0.15) is 17.4 Å². The molecule has 4 nitrogen and oxygen atoms in total. The number of hydrogen-bond acceptors (Lipinski definition) is 4. The van der Waals surface area contributed by atoms with Crippen molar-refractivity contribution in [1.29, 1.82) is 0 Å². The quantitative estimate of drug-likeness (QED) is 0.801. The molecule has 0 saturated heterocycles. The Morgan fingerprint density at radius 3 is 3.21 bits per heavy atom. The average Bonchev–Trinajstić information content (AvgIpc) is 2.64. The molecule has 1 heterocycles. The molecule has 2 aromatic rings. The van der Waals surface area contributed by atoms with Crippen LogP contribution in [0.1, 0.15) is 6.92 Å². The van der Waals surface area contributed by atoms with Crippen molar-refractivity contribution in [1.82, 2.24) is 4.98 Å². The van der Waals surface area contributed by atoms with Gasteiger partial charge in [-0.05, 0) is 19.1 Å². The molecule has 1 unspecified atom stereocenters. The van der Waals surface area contributed by atoms with Gasteiger partial charge in [-0.2, -0.15) is 0 Å². The molecule has 1 aromatic heterocycles. The van der Waals surface area contributed by atoms with E-state index in [0.29, 0.717) is 6.54 Å². The topological polar surface area (TPSA) is 61.3 Å². The fourth-order valence-corrected chi connectivity index (χ4v) is 1.19. The van der Waals surface area contributed by atoms with Gasteiger partial charge >= 0.3 is 0 Å². The number of aromatic nitrogens is 1. The average molecular weight is 192 g/mol. The predicted octanol–water partition coefficient (Wildman–Crippen LogP) is 1.55. The molecular weight excluding hydrogens is 180 g/mol. The number of fused-ring (bicyclic) bond motifs is 1. The van der Waals surface area contributed by atoms with E-state index in [1.165, 1.54) is 6.39 Å². The summed E-state index contributed by atoms with van der Waals surface area (Å²) in [6.07, 6.45) is 1.43. The Bertz CT molecular complexity index is 425. The minimum absolute atomic E-state index is 0.00960. The number of rotatable bonds is 3. The molecule has 74 valence electrons. The van der Waals surface area contributed by atoms with E-state index >= 15 is 0 Å². The van der Waals surface area contributed by atoms with Crippen molar-refractivity contribution in [3.63, 3.8) is 0 Å². The first-order chi connectivity index (χ1) is 6.79. The molecule has 2 N–H and O–H groups in total. The van der Waals surface area contributed by atoms with Crippen molar-refractivity contribution in [3.05, 3.63) is 24.6 Å². The molecule has 0 aliphatic rings. The van der Waals surface area contributed by atoms with Gasteiger partial charge in [0.2, 0.25) is 0 Å². The SMILES string of the molecule is CC(CN)Oc1ccc2ncoc2c1. The number of benzene rings is 1. The third-order valence-electron chi connectivity index (χ3n) is 1.97. The standard InChI is InChI=1S/C10H12N2O2/c1-7(5-11)14-8-2-3-9-10(4-8)13-6-12-9/h2-4,6-7H,5,11H2,1H3. The monoisotopic (exact) mass is 192 g/mol. The van der Waals surface area contributed by atoms with Crippen LogP contribution in [0.3, 0.4) is 0 Å². The van der Waals surface area contributed by atoms with E-state index in [9.17, 15) is 0 Å². The molecule has 0 fully saturated rings. The van der Waals surface area contributed by atoms with Gasteiger partial charge in [0.05, 0.1) is 0 Å². The second-order valence-corrected chi connectivity index (χ2v) is 3.15. The van der Waals surface area contributed by atoms with Gasteiger partial charge in [-0.3, -0.25) is 0 Å². The van der Waals surface area contributed by atoms with Gasteiger partial charge in [-0.25, -0.2) is 4.98 Å². The summed E-state index contributed by atoms with van der Waals surface area (Å²) in [5, 5.41) is 0. The molecule has 14 heavy (non-hydrogen) atoms. The lowest BCUT2D eigenvalue weighted by Gasteiger charge is -2.11. The highest BCUT2D eigenvalue weighted by atomic mass is 16.5. The lowest BCUT2D eigenvalue weighted by Crippen LogP contribution is -2.22. The molecular formula is C10H12N2O2. The number of oxazole rings is 1. The van der Waals surface area contributed by atoms with Gasteiger partial charge in [0, 0.05) is 12.6 Å². The second kappa shape index (κ2) is 3.67. The number of ether oxygens (including phenoxy) is 1. The van der Waals surface area contributed by atoms with Crippen molar-refractivity contribution in [2.45, 2.75) is 13.0 Å². The number of nitrogens with two attached hydrogens (primary N) is 1. The van der Waals surface area contributed by atoms with Crippen molar-refractivity contribution >= 4 is 11.1 Å². The van der Waals surface area contributed by atoms with Gasteiger partial charge in [0.15, 0.2) is 12.0 Å². The first-order valence-corrected chi connectivity index (χ1v) is 4.49. The van der Waals surface area contributed by atoms with E-state index < -0.39 is 0 Å². The van der Waals surface area contributed by atoms with Crippen molar-refractivity contribution in [2.24, 2.45) is 5.73 Å². The normalized spacial score (nSPS) is 13.0. The Morgan fingerprint density at radius 2 is 2.43 bits per heavy atom. The zero-order chi connectivity index (χ0) is 9.97. The molecule has 2 rings (SSSR count). The van der Waals surface area contributed by atoms with Crippen LogP contribution in [-0.4, -0.2) is 17.6 Å². The lowest BCUT2D eigenvalue weighted by atomic mass is 10.3. The molecule has 0 spiro atoms. The minimum atomic E-state index is 0.00960. The highest BCUT2D eigenvalue weighted by Crippen LogP contribution is 2.20. The maximum absolute atomic E-state index is 5.53. The number of hydrogen-bond donors (Lipinski definition) is 1. The predicted molar refractivity (Wildman–Crippen MR) is 53.2 cm³/mol. The van der Waals surface area contributed by atoms with Crippen molar-refractivity contribution < 1.29 is 9.15 Å². The third-order valence-corrected chi connectivity index (χ3v) is 1.97. The number of nitrogens with zero attached hydrogens (tertiary/aromatic N) is 1. The maximum Gasteiger partial charge on any atom is 0.181 e. The summed E-state index contributed by atoms with van der Waals surface area (Å²) in [6, 6.07) is 5.53. The van der Waals surface area contributed by atoms with E-state index in [2.05, 4.69) is 4.98 Å². The zero-order valence-electron chi connectivity index (χ0n) is 7.93. The Morgan fingerprint density at radius 1 is 1.57 bits per heavy atom. The Kier molecular flexibility index (Phi) is 2.37. The molecule has 4 heteroatoms. The van der Waals surface area contributed by atoms with Crippen LogP contribution in [-0.2, 0) is 0 Å². The highest BCUT2D eigenvalue weighted by Gasteiger charge is 2.04. The first kappa shape index (κ1) is 9.02. The van der Waals surface area contributed by atoms with Crippen LogP contribution in [0.2, 0.25) is 0 Å². The molecule has 0 saturated carbocycles. The smallest absolute Gasteiger partial charge is 0.181 e. The second-order valence-electron chi connectivity index (χ2n) is 3.15. The van der Waals surface area contributed by atoms with Crippen LogP contribution in [0.5, 0.6) is 5.75 Å². The van der Waals surface area contributed by atoms with E-state index in [1.807, 2.05) is 25.1 Å². The van der Waals surface area contributed by atoms with Crippen molar-refractivity contribution in [2.75, 3.05) is 6.54 Å².